The number of benzene rings is 1. The van der Waals surface area contributed by atoms with Crippen molar-refractivity contribution < 1.29 is 9.90 Å². The number of aliphatic hydroxyl groups excluding tert-OH is 1. The highest BCUT2D eigenvalue weighted by Gasteiger charge is 2.12. The van der Waals surface area contributed by atoms with Crippen LogP contribution in [0.1, 0.15) is 29.6 Å². The lowest BCUT2D eigenvalue weighted by Gasteiger charge is -2.17. The average molecular weight is 289 g/mol. The fourth-order valence-corrected chi connectivity index (χ4v) is 2.01. The van der Waals surface area contributed by atoms with Gasteiger partial charge in [-0.3, -0.25) is 4.79 Å². The van der Waals surface area contributed by atoms with Crippen molar-refractivity contribution >= 4 is 5.91 Å². The molecule has 0 spiro atoms. The van der Waals surface area contributed by atoms with Crippen molar-refractivity contribution in [1.82, 2.24) is 25.5 Å². The molecule has 21 heavy (non-hydrogen) atoms. The predicted molar refractivity (Wildman–Crippen MR) is 77.5 cm³/mol. The summed E-state index contributed by atoms with van der Waals surface area (Å²) in [6.45, 7) is 0.890. The maximum Gasteiger partial charge on any atom is 0.253 e. The first-order valence-electron chi connectivity index (χ1n) is 6.92. The molecule has 1 heterocycles. The van der Waals surface area contributed by atoms with Crippen molar-refractivity contribution in [3.8, 4) is 11.4 Å². The first kappa shape index (κ1) is 15.1. The Kier molecular flexibility index (Phi) is 5.39. The first-order chi connectivity index (χ1) is 10.2. The number of nitrogens with one attached hydrogen (secondary N) is 1. The number of H-pyrrole nitrogens is 1. The second-order valence-electron chi connectivity index (χ2n) is 4.82. The summed E-state index contributed by atoms with van der Waals surface area (Å²) in [6.07, 6.45) is 2.59. The zero-order valence-electron chi connectivity index (χ0n) is 12.0. The second-order valence-corrected chi connectivity index (χ2v) is 4.82. The Morgan fingerprint density at radius 2 is 2.00 bits per heavy atom. The molecule has 2 rings (SSSR count). The van der Waals surface area contributed by atoms with E-state index >= 15 is 0 Å². The van der Waals surface area contributed by atoms with Crippen molar-refractivity contribution in [3.63, 3.8) is 0 Å². The molecule has 0 saturated heterocycles. The van der Waals surface area contributed by atoms with Gasteiger partial charge in [-0.15, -0.1) is 10.2 Å². The van der Waals surface area contributed by atoms with Gasteiger partial charge in [0, 0.05) is 31.3 Å². The smallest absolute Gasteiger partial charge is 0.253 e. The first-order valence-corrected chi connectivity index (χ1v) is 6.92. The van der Waals surface area contributed by atoms with E-state index in [1.54, 1.807) is 36.2 Å². The van der Waals surface area contributed by atoms with Crippen LogP contribution in [0.5, 0.6) is 0 Å². The molecule has 112 valence electrons. The van der Waals surface area contributed by atoms with E-state index in [-0.39, 0.29) is 12.5 Å². The second kappa shape index (κ2) is 7.49. The van der Waals surface area contributed by atoms with Gasteiger partial charge in [-0.2, -0.15) is 5.21 Å². The molecule has 0 atom stereocenters. The van der Waals surface area contributed by atoms with Crippen LogP contribution >= 0.6 is 0 Å². The molecule has 0 aliphatic heterocycles. The minimum atomic E-state index is -0.0151. The Morgan fingerprint density at radius 3 is 2.62 bits per heavy atom. The van der Waals surface area contributed by atoms with E-state index in [2.05, 4.69) is 20.6 Å². The molecule has 0 radical (unpaired) electrons. The van der Waals surface area contributed by atoms with Crippen molar-refractivity contribution in [3.05, 3.63) is 29.8 Å². The third-order valence-electron chi connectivity index (χ3n) is 3.23. The molecule has 0 unspecified atom stereocenters. The number of carbonyl (C=O) groups is 1. The highest BCUT2D eigenvalue weighted by Crippen LogP contribution is 2.15. The van der Waals surface area contributed by atoms with Crippen molar-refractivity contribution in [2.24, 2.45) is 0 Å². The van der Waals surface area contributed by atoms with E-state index in [0.29, 0.717) is 17.9 Å². The minimum absolute atomic E-state index is 0.0151. The molecule has 0 bridgehead atoms. The Bertz CT molecular complexity index is 553. The van der Waals surface area contributed by atoms with Crippen LogP contribution in [0.15, 0.2) is 24.3 Å². The molecular weight excluding hydrogens is 270 g/mol. The normalized spacial score (nSPS) is 10.6. The van der Waals surface area contributed by atoms with Gasteiger partial charge in [0.15, 0.2) is 0 Å². The SMILES string of the molecule is CN(CCCCCO)C(=O)c1ccc(-c2nn[nH]n2)cc1. The summed E-state index contributed by atoms with van der Waals surface area (Å²) >= 11 is 0. The Labute approximate surface area is 123 Å². The number of hydrogen-bond acceptors (Lipinski definition) is 5. The summed E-state index contributed by atoms with van der Waals surface area (Å²) in [5.74, 6) is 0.491. The summed E-state index contributed by atoms with van der Waals surface area (Å²) in [7, 11) is 1.79. The highest BCUT2D eigenvalue weighted by atomic mass is 16.2. The van der Waals surface area contributed by atoms with Crippen LogP contribution in [-0.4, -0.2) is 56.7 Å². The van der Waals surface area contributed by atoms with Crippen LogP contribution < -0.4 is 0 Å². The largest absolute Gasteiger partial charge is 0.396 e. The lowest BCUT2D eigenvalue weighted by Crippen LogP contribution is -2.27. The lowest BCUT2D eigenvalue weighted by atomic mass is 10.1. The number of rotatable bonds is 7. The van der Waals surface area contributed by atoms with Crippen molar-refractivity contribution in [2.75, 3.05) is 20.2 Å². The van der Waals surface area contributed by atoms with Gasteiger partial charge in [0.05, 0.1) is 0 Å². The zero-order valence-corrected chi connectivity index (χ0v) is 12.0. The predicted octanol–water partition coefficient (Wildman–Crippen LogP) is 1.10. The number of aliphatic hydroxyl groups is 1. The topological polar surface area (TPSA) is 95.0 Å². The van der Waals surface area contributed by atoms with Crippen LogP contribution in [0.3, 0.4) is 0 Å². The van der Waals surface area contributed by atoms with Crippen LogP contribution in [-0.2, 0) is 0 Å². The van der Waals surface area contributed by atoms with Gasteiger partial charge < -0.3 is 10.0 Å². The van der Waals surface area contributed by atoms with E-state index in [0.717, 1.165) is 24.8 Å². The summed E-state index contributed by atoms with van der Waals surface area (Å²) in [5, 5.41) is 22.4. The van der Waals surface area contributed by atoms with E-state index in [1.165, 1.54) is 0 Å². The number of aromatic nitrogens is 4. The molecule has 0 aliphatic carbocycles. The van der Waals surface area contributed by atoms with Gasteiger partial charge in [-0.1, -0.05) is 12.1 Å². The average Bonchev–Trinajstić information content (AvgIpc) is 3.05. The summed E-state index contributed by atoms with van der Waals surface area (Å²) in [6, 6.07) is 7.13. The molecule has 1 aromatic carbocycles. The molecule has 1 aromatic heterocycles. The monoisotopic (exact) mass is 289 g/mol. The molecule has 7 nitrogen and oxygen atoms in total. The third-order valence-corrected chi connectivity index (χ3v) is 3.23. The number of unbranched alkanes of at least 4 members (excludes halogenated alkanes) is 2. The van der Waals surface area contributed by atoms with Gasteiger partial charge >= 0.3 is 0 Å². The number of amides is 1. The van der Waals surface area contributed by atoms with Crippen LogP contribution in [0.2, 0.25) is 0 Å². The van der Waals surface area contributed by atoms with E-state index in [4.69, 9.17) is 5.11 Å². The highest BCUT2D eigenvalue weighted by molar-refractivity contribution is 5.94. The summed E-state index contributed by atoms with van der Waals surface area (Å²) in [5.41, 5.74) is 1.44. The van der Waals surface area contributed by atoms with E-state index in [9.17, 15) is 4.79 Å². The minimum Gasteiger partial charge on any atom is -0.396 e. The molecule has 7 heteroatoms. The van der Waals surface area contributed by atoms with Gasteiger partial charge in [-0.25, -0.2) is 0 Å². The summed E-state index contributed by atoms with van der Waals surface area (Å²) < 4.78 is 0. The van der Waals surface area contributed by atoms with E-state index in [1.807, 2.05) is 0 Å². The van der Waals surface area contributed by atoms with Crippen LogP contribution in [0.4, 0.5) is 0 Å². The van der Waals surface area contributed by atoms with Gasteiger partial charge in [0.1, 0.15) is 0 Å². The molecule has 2 N–H and O–H groups in total. The fraction of sp³-hybridized carbons (Fsp3) is 0.429. The number of tetrazole rings is 1. The van der Waals surface area contributed by atoms with Crippen molar-refractivity contribution in [2.45, 2.75) is 19.3 Å². The van der Waals surface area contributed by atoms with Gasteiger partial charge in [-0.05, 0) is 36.6 Å². The van der Waals surface area contributed by atoms with E-state index < -0.39 is 0 Å². The Balaban J connectivity index is 1.93. The van der Waals surface area contributed by atoms with Crippen LogP contribution in [0.25, 0.3) is 11.4 Å². The lowest BCUT2D eigenvalue weighted by molar-refractivity contribution is 0.0792. The molecule has 0 aliphatic rings. The van der Waals surface area contributed by atoms with Crippen LogP contribution in [0, 0.1) is 0 Å². The fourth-order valence-electron chi connectivity index (χ4n) is 2.01. The number of hydrogen-bond donors (Lipinski definition) is 2. The molecular formula is C14H19N5O2. The maximum atomic E-state index is 12.2. The zero-order chi connectivity index (χ0) is 15.1. The van der Waals surface area contributed by atoms with Gasteiger partial charge in [0.2, 0.25) is 5.82 Å². The standard InChI is InChI=1S/C14H19N5O2/c1-19(9-3-2-4-10-20)14(21)12-7-5-11(6-8-12)13-15-17-18-16-13/h5-8,20H,2-4,9-10H2,1H3,(H,15,16,17,18). The number of carbonyl (C=O) groups excluding carboxylic acids is 1. The number of nitrogens with zero attached hydrogens (tertiary/aromatic N) is 4. The molecule has 0 fully saturated rings. The third kappa shape index (κ3) is 4.09. The molecule has 2 aromatic rings. The number of aromatic amines is 1. The summed E-state index contributed by atoms with van der Waals surface area (Å²) in [4.78, 5) is 13.9. The quantitative estimate of drug-likeness (QED) is 0.744. The Morgan fingerprint density at radius 1 is 1.24 bits per heavy atom. The molecule has 0 saturated carbocycles. The molecule has 1 amide bonds. The maximum absolute atomic E-state index is 12.2. The van der Waals surface area contributed by atoms with Crippen molar-refractivity contribution in [1.29, 1.82) is 0 Å². The Hall–Kier alpha value is -2.28. The van der Waals surface area contributed by atoms with Gasteiger partial charge in [0.25, 0.3) is 5.91 Å².